The molecule has 0 aromatic carbocycles. The molecule has 136 valence electrons. The number of piperidine rings is 1. The third-order valence-electron chi connectivity index (χ3n) is 5.18. The Kier molecular flexibility index (Phi) is 4.69. The fourth-order valence-corrected chi connectivity index (χ4v) is 3.78. The predicted octanol–water partition coefficient (Wildman–Crippen LogP) is 1.56. The highest BCUT2D eigenvalue weighted by Crippen LogP contribution is 2.34. The Labute approximate surface area is 148 Å². The molecular weight excluding hydrogens is 320 g/mol. The monoisotopic (exact) mass is 346 g/mol. The second kappa shape index (κ2) is 6.63. The van der Waals surface area contributed by atoms with Crippen molar-refractivity contribution in [3.8, 4) is 0 Å². The van der Waals surface area contributed by atoms with Gasteiger partial charge < -0.3 is 14.3 Å². The highest BCUT2D eigenvalue weighted by Gasteiger charge is 2.52. The van der Waals surface area contributed by atoms with E-state index in [0.29, 0.717) is 43.9 Å². The molecule has 1 N–H and O–H groups in total. The summed E-state index contributed by atoms with van der Waals surface area (Å²) in [7, 11) is 0. The molecule has 0 saturated carbocycles. The van der Waals surface area contributed by atoms with Gasteiger partial charge in [0.05, 0.1) is 11.7 Å². The van der Waals surface area contributed by atoms with E-state index in [1.54, 1.807) is 24.0 Å². The van der Waals surface area contributed by atoms with Crippen LogP contribution in [0.25, 0.3) is 0 Å². The molecule has 0 aliphatic carbocycles. The van der Waals surface area contributed by atoms with E-state index in [2.05, 4.69) is 17.1 Å². The van der Waals surface area contributed by atoms with E-state index in [4.69, 9.17) is 4.52 Å². The summed E-state index contributed by atoms with van der Waals surface area (Å²) in [4.78, 5) is 29.0. The molecule has 1 unspecified atom stereocenters. The van der Waals surface area contributed by atoms with Gasteiger partial charge in [-0.1, -0.05) is 25.1 Å². The van der Waals surface area contributed by atoms with Gasteiger partial charge in [0.2, 0.25) is 5.91 Å². The highest BCUT2D eigenvalue weighted by atomic mass is 16.5. The van der Waals surface area contributed by atoms with Crippen LogP contribution in [0.3, 0.4) is 0 Å². The molecule has 3 rings (SSSR count). The van der Waals surface area contributed by atoms with Crippen LogP contribution in [0.15, 0.2) is 23.2 Å². The Hall–Kier alpha value is -2.15. The van der Waals surface area contributed by atoms with Gasteiger partial charge in [0.1, 0.15) is 5.76 Å². The fourth-order valence-electron chi connectivity index (χ4n) is 3.78. The zero-order valence-electron chi connectivity index (χ0n) is 15.1. The molecular formula is C18H26N4O3. The second-order valence-electron chi connectivity index (χ2n) is 7.25. The first-order valence-corrected chi connectivity index (χ1v) is 8.80. The standard InChI is InChI=1S/C18H26N4O3/c1-5-8-22-17(24)15(12(2)3)19-18(22)6-9-21(10-7-18)16(23)14-11-13(4)25-20-14/h5,11-12,15,19H,1,6-10H2,2-4H3. The Morgan fingerprint density at radius 1 is 1.52 bits per heavy atom. The molecule has 1 spiro atoms. The van der Waals surface area contributed by atoms with Crippen molar-refractivity contribution < 1.29 is 14.1 Å². The maximum Gasteiger partial charge on any atom is 0.276 e. The van der Waals surface area contributed by atoms with Gasteiger partial charge in [-0.15, -0.1) is 6.58 Å². The molecule has 7 heteroatoms. The van der Waals surface area contributed by atoms with Crippen LogP contribution in [0.5, 0.6) is 0 Å². The predicted molar refractivity (Wildman–Crippen MR) is 92.8 cm³/mol. The second-order valence-corrected chi connectivity index (χ2v) is 7.25. The van der Waals surface area contributed by atoms with Crippen LogP contribution in [0.4, 0.5) is 0 Å². The number of carbonyl (C=O) groups excluding carboxylic acids is 2. The maximum atomic E-state index is 12.8. The Balaban J connectivity index is 1.73. The van der Waals surface area contributed by atoms with E-state index in [1.165, 1.54) is 0 Å². The van der Waals surface area contributed by atoms with E-state index < -0.39 is 5.66 Å². The molecule has 25 heavy (non-hydrogen) atoms. The van der Waals surface area contributed by atoms with E-state index in [-0.39, 0.29) is 23.8 Å². The fraction of sp³-hybridized carbons (Fsp3) is 0.611. The van der Waals surface area contributed by atoms with Crippen molar-refractivity contribution in [3.63, 3.8) is 0 Å². The quantitative estimate of drug-likeness (QED) is 0.837. The van der Waals surface area contributed by atoms with Gasteiger partial charge in [0.15, 0.2) is 5.69 Å². The SMILES string of the molecule is C=CCN1C(=O)C(C(C)C)NC12CCN(C(=O)c1cc(C)on1)CC2. The van der Waals surface area contributed by atoms with Gasteiger partial charge in [-0.3, -0.25) is 14.9 Å². The first-order valence-electron chi connectivity index (χ1n) is 8.80. The molecule has 1 aromatic heterocycles. The van der Waals surface area contributed by atoms with Gasteiger partial charge in [-0.2, -0.15) is 0 Å². The van der Waals surface area contributed by atoms with E-state index in [0.717, 1.165) is 0 Å². The minimum Gasteiger partial charge on any atom is -0.361 e. The molecule has 1 atom stereocenters. The molecule has 1 aromatic rings. The van der Waals surface area contributed by atoms with Crippen LogP contribution in [-0.4, -0.2) is 58.1 Å². The first kappa shape index (κ1) is 17.7. The third-order valence-corrected chi connectivity index (χ3v) is 5.18. The zero-order valence-corrected chi connectivity index (χ0v) is 15.1. The smallest absolute Gasteiger partial charge is 0.276 e. The molecule has 2 aliphatic rings. The van der Waals surface area contributed by atoms with Crippen LogP contribution in [0, 0.1) is 12.8 Å². The average Bonchev–Trinajstić information content (AvgIpc) is 3.13. The number of rotatable bonds is 4. The third kappa shape index (κ3) is 3.08. The van der Waals surface area contributed by atoms with Crippen molar-refractivity contribution in [2.45, 2.75) is 45.3 Å². The van der Waals surface area contributed by atoms with Gasteiger partial charge in [0, 0.05) is 38.5 Å². The van der Waals surface area contributed by atoms with Gasteiger partial charge in [-0.25, -0.2) is 0 Å². The lowest BCUT2D eigenvalue weighted by Crippen LogP contribution is -2.59. The number of nitrogens with zero attached hydrogens (tertiary/aromatic N) is 3. The van der Waals surface area contributed by atoms with Crippen LogP contribution in [-0.2, 0) is 4.79 Å². The molecule has 7 nitrogen and oxygen atoms in total. The Bertz CT molecular complexity index is 674. The summed E-state index contributed by atoms with van der Waals surface area (Å²) in [5.74, 6) is 0.849. The molecule has 2 amide bonds. The average molecular weight is 346 g/mol. The Morgan fingerprint density at radius 2 is 2.20 bits per heavy atom. The van der Waals surface area contributed by atoms with Gasteiger partial charge in [-0.05, 0) is 12.8 Å². The minimum absolute atomic E-state index is 0.119. The normalized spacial score (nSPS) is 22.9. The molecule has 2 fully saturated rings. The maximum absolute atomic E-state index is 12.8. The van der Waals surface area contributed by atoms with Crippen molar-refractivity contribution in [1.82, 2.24) is 20.3 Å². The van der Waals surface area contributed by atoms with E-state index >= 15 is 0 Å². The summed E-state index contributed by atoms with van der Waals surface area (Å²) < 4.78 is 5.00. The van der Waals surface area contributed by atoms with Crippen LogP contribution >= 0.6 is 0 Å². The van der Waals surface area contributed by atoms with Crippen molar-refractivity contribution in [2.75, 3.05) is 19.6 Å². The van der Waals surface area contributed by atoms with Crippen LogP contribution in [0.1, 0.15) is 42.9 Å². The minimum atomic E-state index is -0.392. The first-order chi connectivity index (χ1) is 11.9. The molecule has 3 heterocycles. The largest absolute Gasteiger partial charge is 0.361 e. The molecule has 2 aliphatic heterocycles. The number of carbonyl (C=O) groups is 2. The summed E-state index contributed by atoms with van der Waals surface area (Å²) >= 11 is 0. The van der Waals surface area contributed by atoms with Crippen molar-refractivity contribution in [1.29, 1.82) is 0 Å². The number of amides is 2. The van der Waals surface area contributed by atoms with Crippen molar-refractivity contribution in [3.05, 3.63) is 30.2 Å². The topological polar surface area (TPSA) is 78.7 Å². The number of hydrogen-bond acceptors (Lipinski definition) is 5. The Morgan fingerprint density at radius 3 is 2.72 bits per heavy atom. The lowest BCUT2D eigenvalue weighted by atomic mass is 9.95. The summed E-state index contributed by atoms with van der Waals surface area (Å²) in [6.45, 7) is 11.3. The lowest BCUT2D eigenvalue weighted by Gasteiger charge is -2.44. The highest BCUT2D eigenvalue weighted by molar-refractivity contribution is 5.92. The number of aromatic nitrogens is 1. The van der Waals surface area contributed by atoms with E-state index in [1.807, 2.05) is 18.7 Å². The summed E-state index contributed by atoms with van der Waals surface area (Å²) in [6, 6.07) is 1.48. The van der Waals surface area contributed by atoms with Gasteiger partial charge in [0.25, 0.3) is 5.91 Å². The molecule has 2 saturated heterocycles. The number of aryl methyl sites for hydroxylation is 1. The van der Waals surface area contributed by atoms with E-state index in [9.17, 15) is 9.59 Å². The molecule has 0 radical (unpaired) electrons. The summed E-state index contributed by atoms with van der Waals surface area (Å²) in [6.07, 6.45) is 3.15. The zero-order chi connectivity index (χ0) is 18.2. The van der Waals surface area contributed by atoms with Gasteiger partial charge >= 0.3 is 0 Å². The van der Waals surface area contributed by atoms with Crippen molar-refractivity contribution >= 4 is 11.8 Å². The van der Waals surface area contributed by atoms with Crippen LogP contribution < -0.4 is 5.32 Å². The summed E-state index contributed by atoms with van der Waals surface area (Å²) in [5.41, 5.74) is -0.0524. The summed E-state index contributed by atoms with van der Waals surface area (Å²) in [5, 5.41) is 7.36. The van der Waals surface area contributed by atoms with Crippen LogP contribution in [0.2, 0.25) is 0 Å². The van der Waals surface area contributed by atoms with Crippen molar-refractivity contribution in [2.24, 2.45) is 5.92 Å². The number of hydrogen-bond donors (Lipinski definition) is 1. The lowest BCUT2D eigenvalue weighted by molar-refractivity contribution is -0.133. The number of nitrogens with one attached hydrogen (secondary N) is 1. The number of likely N-dealkylation sites (tertiary alicyclic amines) is 1. The molecule has 0 bridgehead atoms.